The summed E-state index contributed by atoms with van der Waals surface area (Å²) >= 11 is -1.98. The minimum atomic E-state index is -1.98. The van der Waals surface area contributed by atoms with Crippen LogP contribution in [0, 0.1) is 0 Å². The van der Waals surface area contributed by atoms with Crippen LogP contribution in [-0.4, -0.2) is 35.8 Å². The molecule has 1 aromatic heterocycles. The first-order valence-electron chi connectivity index (χ1n) is 8.92. The van der Waals surface area contributed by atoms with Crippen molar-refractivity contribution in [2.75, 3.05) is 0 Å². The number of carboxylic acids is 1. The Bertz CT molecular complexity index is 884. The molecule has 0 bridgehead atoms. The molecular weight excluding hydrogens is 453 g/mol. The van der Waals surface area contributed by atoms with Gasteiger partial charge in [-0.1, -0.05) is 0 Å². The van der Waals surface area contributed by atoms with Gasteiger partial charge in [-0.3, -0.25) is 4.98 Å². The number of aromatic carboxylic acids is 1. The van der Waals surface area contributed by atoms with Gasteiger partial charge in [-0.2, -0.15) is 0 Å². The van der Waals surface area contributed by atoms with Gasteiger partial charge in [0.1, 0.15) is 0 Å². The van der Waals surface area contributed by atoms with Crippen LogP contribution in [0.25, 0.3) is 0 Å². The molecule has 0 spiro atoms. The molecule has 3 nitrogen and oxygen atoms in total. The fraction of sp³-hybridized carbons (Fsp3) is 0. The molecule has 28 heavy (non-hydrogen) atoms. The van der Waals surface area contributed by atoms with Gasteiger partial charge in [0.05, 0.1) is 5.56 Å². The van der Waals surface area contributed by atoms with E-state index in [4.69, 9.17) is 5.11 Å². The SMILES string of the molecule is O=C(O)c1cccnc1.c1cc[c]([Sn]([c]2ccccc2)[c]2ccccc2)cc1. The number of pyridine rings is 1. The molecule has 0 aliphatic heterocycles. The molecule has 0 unspecified atom stereocenters. The van der Waals surface area contributed by atoms with E-state index < -0.39 is 25.7 Å². The molecule has 0 aliphatic rings. The zero-order valence-corrected chi connectivity index (χ0v) is 18.1. The Morgan fingerprint density at radius 1 is 0.643 bits per heavy atom. The van der Waals surface area contributed by atoms with Crippen molar-refractivity contribution < 1.29 is 9.90 Å². The zero-order valence-electron chi connectivity index (χ0n) is 15.3. The van der Waals surface area contributed by atoms with Crippen molar-refractivity contribution in [3.63, 3.8) is 0 Å². The number of benzene rings is 3. The molecule has 4 aromatic rings. The molecule has 0 amide bonds. The normalized spacial score (nSPS) is 10.0. The monoisotopic (exact) mass is 474 g/mol. The standard InChI is InChI=1S/C6H5NO2.3C6H5.Sn/c8-6(9)5-2-1-3-7-4-5;3*1-2-4-6-5-3-1;/h1-4H,(H,8,9);3*1-5H;. The van der Waals surface area contributed by atoms with Crippen molar-refractivity contribution in [1.82, 2.24) is 4.98 Å². The van der Waals surface area contributed by atoms with Crippen LogP contribution >= 0.6 is 0 Å². The van der Waals surface area contributed by atoms with E-state index in [1.54, 1.807) is 6.07 Å². The van der Waals surface area contributed by atoms with Crippen LogP contribution in [0.15, 0.2) is 116 Å². The molecule has 3 aromatic carbocycles. The van der Waals surface area contributed by atoms with Gasteiger partial charge in [0, 0.05) is 12.4 Å². The van der Waals surface area contributed by atoms with E-state index in [0.717, 1.165) is 0 Å². The quantitative estimate of drug-likeness (QED) is 0.464. The molecule has 4 heteroatoms. The minimum absolute atomic E-state index is 0.220. The summed E-state index contributed by atoms with van der Waals surface area (Å²) in [4.78, 5) is 13.8. The zero-order chi connectivity index (χ0) is 19.6. The average Bonchev–Trinajstić information content (AvgIpc) is 2.77. The third kappa shape index (κ3) is 5.54. The first-order chi connectivity index (χ1) is 13.8. The molecule has 0 aliphatic carbocycles. The fourth-order valence-corrected chi connectivity index (χ4v) is 10.2. The van der Waals surface area contributed by atoms with E-state index in [2.05, 4.69) is 96.0 Å². The predicted molar refractivity (Wildman–Crippen MR) is 115 cm³/mol. The second kappa shape index (κ2) is 10.4. The molecule has 0 saturated heterocycles. The van der Waals surface area contributed by atoms with Gasteiger partial charge in [0.15, 0.2) is 0 Å². The summed E-state index contributed by atoms with van der Waals surface area (Å²) in [7, 11) is 0. The Labute approximate surface area is 172 Å². The Balaban J connectivity index is 0.000000211. The number of hydrogen-bond donors (Lipinski definition) is 1. The summed E-state index contributed by atoms with van der Waals surface area (Å²) < 4.78 is 4.59. The van der Waals surface area contributed by atoms with Gasteiger partial charge >= 0.3 is 127 Å². The van der Waals surface area contributed by atoms with Crippen molar-refractivity contribution in [2.45, 2.75) is 0 Å². The molecule has 1 N–H and O–H groups in total. The Hall–Kier alpha value is -2.92. The van der Waals surface area contributed by atoms with Gasteiger partial charge in [-0.25, -0.2) is 4.79 Å². The van der Waals surface area contributed by atoms with Crippen molar-refractivity contribution >= 4 is 36.5 Å². The van der Waals surface area contributed by atoms with E-state index >= 15 is 0 Å². The first kappa shape index (κ1) is 19.8. The van der Waals surface area contributed by atoms with Crippen molar-refractivity contribution in [3.8, 4) is 0 Å². The second-order valence-electron chi connectivity index (χ2n) is 6.02. The van der Waals surface area contributed by atoms with Gasteiger partial charge in [0.2, 0.25) is 0 Å². The maximum absolute atomic E-state index is 10.2. The molecule has 0 atom stereocenters. The molecule has 1 heterocycles. The molecule has 0 fully saturated rings. The average molecular weight is 473 g/mol. The van der Waals surface area contributed by atoms with Crippen molar-refractivity contribution in [2.24, 2.45) is 0 Å². The summed E-state index contributed by atoms with van der Waals surface area (Å²) in [6, 6.07) is 36.0. The van der Waals surface area contributed by atoms with Gasteiger partial charge in [0.25, 0.3) is 0 Å². The number of rotatable bonds is 4. The van der Waals surface area contributed by atoms with Crippen LogP contribution in [0.5, 0.6) is 0 Å². The first-order valence-corrected chi connectivity index (χ1v) is 13.2. The Kier molecular flexibility index (Phi) is 7.38. The summed E-state index contributed by atoms with van der Waals surface area (Å²) in [6.07, 6.45) is 2.84. The van der Waals surface area contributed by atoms with Crippen LogP contribution in [0.1, 0.15) is 10.4 Å². The van der Waals surface area contributed by atoms with E-state index in [-0.39, 0.29) is 5.56 Å². The van der Waals surface area contributed by atoms with Crippen LogP contribution < -0.4 is 10.7 Å². The number of carbonyl (C=O) groups is 1. The fourth-order valence-electron chi connectivity index (χ4n) is 2.80. The number of hydrogen-bond acceptors (Lipinski definition) is 2. The molecule has 4 rings (SSSR count). The Morgan fingerprint density at radius 2 is 1.07 bits per heavy atom. The summed E-state index contributed by atoms with van der Waals surface area (Å²) in [5.74, 6) is -0.942. The van der Waals surface area contributed by atoms with Gasteiger partial charge < -0.3 is 5.11 Å². The van der Waals surface area contributed by atoms with Gasteiger partial charge in [-0.05, 0) is 12.1 Å². The topological polar surface area (TPSA) is 50.2 Å². The van der Waals surface area contributed by atoms with Crippen molar-refractivity contribution in [3.05, 3.63) is 121 Å². The Morgan fingerprint density at radius 3 is 1.36 bits per heavy atom. The van der Waals surface area contributed by atoms with E-state index in [9.17, 15) is 4.79 Å². The third-order valence-corrected chi connectivity index (χ3v) is 11.9. The second-order valence-corrected chi connectivity index (χ2v) is 13.1. The third-order valence-electron chi connectivity index (χ3n) is 4.10. The molecule has 0 saturated carbocycles. The molecule has 137 valence electrons. The summed E-state index contributed by atoms with van der Waals surface area (Å²) in [6.45, 7) is 0. The van der Waals surface area contributed by atoms with E-state index in [1.807, 2.05) is 0 Å². The van der Waals surface area contributed by atoms with Crippen LogP contribution in [-0.2, 0) is 0 Å². The van der Waals surface area contributed by atoms with Crippen LogP contribution in [0.4, 0.5) is 0 Å². The number of carboxylic acid groups (broad SMARTS) is 1. The molecule has 1 radical (unpaired) electrons. The van der Waals surface area contributed by atoms with Crippen LogP contribution in [0.3, 0.4) is 0 Å². The van der Waals surface area contributed by atoms with Crippen molar-refractivity contribution in [1.29, 1.82) is 0 Å². The predicted octanol–water partition coefficient (Wildman–Crippen LogP) is 2.98. The number of aromatic nitrogens is 1. The van der Waals surface area contributed by atoms with E-state index in [1.165, 1.54) is 29.2 Å². The summed E-state index contributed by atoms with van der Waals surface area (Å²) in [5, 5.41) is 8.34. The number of nitrogens with zero attached hydrogens (tertiary/aromatic N) is 1. The summed E-state index contributed by atoms with van der Waals surface area (Å²) in [5.41, 5.74) is 0.220. The maximum atomic E-state index is 10.2. The van der Waals surface area contributed by atoms with Crippen LogP contribution in [0.2, 0.25) is 0 Å². The van der Waals surface area contributed by atoms with E-state index in [0.29, 0.717) is 0 Å². The molecular formula is C24H20NO2Sn. The van der Waals surface area contributed by atoms with Gasteiger partial charge in [-0.15, -0.1) is 0 Å².